The van der Waals surface area contributed by atoms with Crippen molar-refractivity contribution in [1.29, 1.82) is 0 Å². The highest BCUT2D eigenvalue weighted by atomic mass is 35.5. The van der Waals surface area contributed by atoms with Crippen LogP contribution in [0.25, 0.3) is 0 Å². The Labute approximate surface area is 151 Å². The standard InChI is InChI=1S/C16H29N3O3S.ClH/c20-16(13-5-1-2-6-13)19-10-4-8-15(12-19)23(21,22)18-11-14-7-3-9-17-14;/h13-15,17-18H,1-12H2;1H. The molecule has 2 saturated heterocycles. The van der Waals surface area contributed by atoms with Crippen molar-refractivity contribution in [1.82, 2.24) is 14.9 Å². The smallest absolute Gasteiger partial charge is 0.225 e. The minimum absolute atomic E-state index is 0. The van der Waals surface area contributed by atoms with Crippen molar-refractivity contribution < 1.29 is 13.2 Å². The Hall–Kier alpha value is -0.370. The van der Waals surface area contributed by atoms with Crippen LogP contribution in [-0.2, 0) is 14.8 Å². The monoisotopic (exact) mass is 379 g/mol. The van der Waals surface area contributed by atoms with Crippen molar-refractivity contribution in [3.05, 3.63) is 0 Å². The zero-order chi connectivity index (χ0) is 16.3. The van der Waals surface area contributed by atoms with Crippen molar-refractivity contribution in [2.45, 2.75) is 62.7 Å². The average Bonchev–Trinajstić information content (AvgIpc) is 3.26. The van der Waals surface area contributed by atoms with Gasteiger partial charge in [0, 0.05) is 31.6 Å². The van der Waals surface area contributed by atoms with E-state index in [1.807, 2.05) is 0 Å². The topological polar surface area (TPSA) is 78.5 Å². The van der Waals surface area contributed by atoms with Crippen LogP contribution in [0.15, 0.2) is 0 Å². The summed E-state index contributed by atoms with van der Waals surface area (Å²) in [5.74, 6) is 0.312. The Bertz CT molecular complexity index is 517. The summed E-state index contributed by atoms with van der Waals surface area (Å²) in [4.78, 5) is 14.3. The van der Waals surface area contributed by atoms with E-state index in [9.17, 15) is 13.2 Å². The number of hydrogen-bond donors (Lipinski definition) is 2. The first kappa shape index (κ1) is 19.9. The fraction of sp³-hybridized carbons (Fsp3) is 0.938. The van der Waals surface area contributed by atoms with Crippen LogP contribution in [0.3, 0.4) is 0 Å². The molecule has 2 aliphatic heterocycles. The molecule has 0 aromatic carbocycles. The van der Waals surface area contributed by atoms with Crippen LogP contribution in [0.4, 0.5) is 0 Å². The molecule has 0 bridgehead atoms. The van der Waals surface area contributed by atoms with E-state index >= 15 is 0 Å². The summed E-state index contributed by atoms with van der Waals surface area (Å²) in [6, 6.07) is 0.254. The number of piperidine rings is 1. The minimum atomic E-state index is -3.34. The first-order chi connectivity index (χ1) is 11.1. The maximum atomic E-state index is 12.6. The maximum absolute atomic E-state index is 12.6. The molecule has 3 fully saturated rings. The number of rotatable bonds is 5. The van der Waals surface area contributed by atoms with E-state index in [1.54, 1.807) is 4.90 Å². The van der Waals surface area contributed by atoms with E-state index in [-0.39, 0.29) is 30.3 Å². The molecular weight excluding hydrogens is 350 g/mol. The van der Waals surface area contributed by atoms with Crippen molar-refractivity contribution in [3.63, 3.8) is 0 Å². The van der Waals surface area contributed by atoms with Gasteiger partial charge in [0.15, 0.2) is 0 Å². The fourth-order valence-electron chi connectivity index (χ4n) is 4.09. The fourth-order valence-corrected chi connectivity index (χ4v) is 5.61. The summed E-state index contributed by atoms with van der Waals surface area (Å²) in [6.45, 7) is 2.52. The van der Waals surface area contributed by atoms with E-state index in [2.05, 4.69) is 10.0 Å². The van der Waals surface area contributed by atoms with Crippen molar-refractivity contribution in [2.75, 3.05) is 26.2 Å². The summed E-state index contributed by atoms with van der Waals surface area (Å²) in [5, 5.41) is 2.85. The molecule has 6 nitrogen and oxygen atoms in total. The number of halogens is 1. The van der Waals surface area contributed by atoms with Crippen LogP contribution in [-0.4, -0.2) is 56.7 Å². The molecule has 0 aromatic rings. The molecule has 24 heavy (non-hydrogen) atoms. The van der Waals surface area contributed by atoms with Crippen molar-refractivity contribution >= 4 is 28.3 Å². The SMILES string of the molecule is Cl.O=C(C1CCCC1)N1CCCC(S(=O)(=O)NCC2CCCN2)C1. The number of hydrogen-bond acceptors (Lipinski definition) is 4. The van der Waals surface area contributed by atoms with E-state index in [4.69, 9.17) is 0 Å². The van der Waals surface area contributed by atoms with Gasteiger partial charge in [0.25, 0.3) is 0 Å². The van der Waals surface area contributed by atoms with E-state index in [0.717, 1.165) is 51.5 Å². The van der Waals surface area contributed by atoms with Crippen LogP contribution >= 0.6 is 12.4 Å². The van der Waals surface area contributed by atoms with Gasteiger partial charge in [-0.3, -0.25) is 4.79 Å². The zero-order valence-corrected chi connectivity index (χ0v) is 15.8. The van der Waals surface area contributed by atoms with Gasteiger partial charge < -0.3 is 10.2 Å². The summed E-state index contributed by atoms with van der Waals surface area (Å²) >= 11 is 0. The first-order valence-electron chi connectivity index (χ1n) is 9.07. The molecule has 8 heteroatoms. The second-order valence-corrected chi connectivity index (χ2v) is 9.26. The minimum Gasteiger partial charge on any atom is -0.341 e. The van der Waals surface area contributed by atoms with Crippen LogP contribution in [0, 0.1) is 5.92 Å². The number of nitrogens with zero attached hydrogens (tertiary/aromatic N) is 1. The van der Waals surface area contributed by atoms with E-state index in [0.29, 0.717) is 26.1 Å². The van der Waals surface area contributed by atoms with Crippen molar-refractivity contribution in [2.24, 2.45) is 5.92 Å². The first-order valence-corrected chi connectivity index (χ1v) is 10.6. The predicted octanol–water partition coefficient (Wildman–Crippen LogP) is 1.26. The Morgan fingerprint density at radius 3 is 2.50 bits per heavy atom. The lowest BCUT2D eigenvalue weighted by molar-refractivity contribution is -0.136. The van der Waals surface area contributed by atoms with Crippen LogP contribution < -0.4 is 10.0 Å². The van der Waals surface area contributed by atoms with Gasteiger partial charge in [-0.2, -0.15) is 0 Å². The lowest BCUT2D eigenvalue weighted by Crippen LogP contribution is -2.50. The molecule has 2 unspecified atom stereocenters. The lowest BCUT2D eigenvalue weighted by Gasteiger charge is -2.34. The second kappa shape index (κ2) is 8.83. The highest BCUT2D eigenvalue weighted by Crippen LogP contribution is 2.28. The number of nitrogens with one attached hydrogen (secondary N) is 2. The van der Waals surface area contributed by atoms with Gasteiger partial charge in [-0.25, -0.2) is 13.1 Å². The number of carbonyl (C=O) groups is 1. The van der Waals surface area contributed by atoms with Crippen LogP contribution in [0.1, 0.15) is 51.4 Å². The Morgan fingerprint density at radius 1 is 1.08 bits per heavy atom. The second-order valence-electron chi connectivity index (χ2n) is 7.22. The Kier molecular flexibility index (Phi) is 7.34. The quantitative estimate of drug-likeness (QED) is 0.753. The average molecular weight is 380 g/mol. The molecule has 2 N–H and O–H groups in total. The van der Waals surface area contributed by atoms with Crippen LogP contribution in [0.2, 0.25) is 0 Å². The molecule has 1 aliphatic carbocycles. The molecule has 3 rings (SSSR count). The van der Waals surface area contributed by atoms with Gasteiger partial charge >= 0.3 is 0 Å². The normalized spacial score (nSPS) is 28.8. The zero-order valence-electron chi connectivity index (χ0n) is 14.2. The van der Waals surface area contributed by atoms with Gasteiger partial charge in [-0.1, -0.05) is 12.8 Å². The Morgan fingerprint density at radius 2 is 1.83 bits per heavy atom. The number of sulfonamides is 1. The lowest BCUT2D eigenvalue weighted by atomic mass is 10.0. The van der Waals surface area contributed by atoms with Crippen molar-refractivity contribution in [3.8, 4) is 0 Å². The molecule has 0 spiro atoms. The molecule has 1 amide bonds. The highest BCUT2D eigenvalue weighted by Gasteiger charge is 2.35. The number of carbonyl (C=O) groups excluding carboxylic acids is 1. The van der Waals surface area contributed by atoms with Gasteiger partial charge in [0.1, 0.15) is 0 Å². The molecular formula is C16H30ClN3O3S. The third-order valence-electron chi connectivity index (χ3n) is 5.53. The summed E-state index contributed by atoms with van der Waals surface area (Å²) in [6.07, 6.45) is 7.77. The van der Waals surface area contributed by atoms with E-state index in [1.165, 1.54) is 0 Å². The van der Waals surface area contributed by atoms with Gasteiger partial charge in [-0.15, -0.1) is 12.4 Å². The molecule has 0 aromatic heterocycles. The molecule has 140 valence electrons. The number of amides is 1. The van der Waals surface area contributed by atoms with E-state index < -0.39 is 15.3 Å². The molecule has 1 saturated carbocycles. The molecule has 2 heterocycles. The Balaban J connectivity index is 0.00000208. The molecule has 0 radical (unpaired) electrons. The van der Waals surface area contributed by atoms with Gasteiger partial charge in [-0.05, 0) is 45.1 Å². The maximum Gasteiger partial charge on any atom is 0.225 e. The summed E-state index contributed by atoms with van der Waals surface area (Å²) in [5.41, 5.74) is 0. The largest absolute Gasteiger partial charge is 0.341 e. The third kappa shape index (κ3) is 4.84. The third-order valence-corrected chi connectivity index (χ3v) is 7.36. The van der Waals surface area contributed by atoms with Gasteiger partial charge in [0.05, 0.1) is 5.25 Å². The van der Waals surface area contributed by atoms with Crippen LogP contribution in [0.5, 0.6) is 0 Å². The molecule has 3 aliphatic rings. The van der Waals surface area contributed by atoms with Gasteiger partial charge in [0.2, 0.25) is 15.9 Å². The number of likely N-dealkylation sites (tertiary alicyclic amines) is 1. The molecule has 2 atom stereocenters. The summed E-state index contributed by atoms with van der Waals surface area (Å²) < 4.78 is 27.9. The predicted molar refractivity (Wildman–Crippen MR) is 96.8 cm³/mol. The summed E-state index contributed by atoms with van der Waals surface area (Å²) in [7, 11) is -3.34. The highest BCUT2D eigenvalue weighted by molar-refractivity contribution is 7.90.